The zero-order valence-corrected chi connectivity index (χ0v) is 13.2. The van der Waals surface area contributed by atoms with E-state index >= 15 is 0 Å². The van der Waals surface area contributed by atoms with Crippen molar-refractivity contribution in [2.75, 3.05) is 26.2 Å². The number of hydrogen-bond acceptors (Lipinski definition) is 4. The molecule has 0 aliphatic heterocycles. The molecule has 1 aromatic rings. The summed E-state index contributed by atoms with van der Waals surface area (Å²) < 4.78 is 6.65. The van der Waals surface area contributed by atoms with Gasteiger partial charge in [-0.1, -0.05) is 15.9 Å². The van der Waals surface area contributed by atoms with E-state index in [0.717, 1.165) is 35.4 Å². The van der Waals surface area contributed by atoms with Gasteiger partial charge in [0.05, 0.1) is 12.7 Å². The second kappa shape index (κ2) is 9.31. The molecule has 1 rings (SSSR count). The van der Waals surface area contributed by atoms with Gasteiger partial charge in [-0.15, -0.1) is 0 Å². The highest BCUT2D eigenvalue weighted by atomic mass is 79.9. The zero-order chi connectivity index (χ0) is 14.1. The van der Waals surface area contributed by atoms with E-state index < -0.39 is 0 Å². The second-order valence-electron chi connectivity index (χ2n) is 4.41. The normalized spacial score (nSPS) is 12.4. The molecule has 108 valence electrons. The summed E-state index contributed by atoms with van der Waals surface area (Å²) >= 11 is 3.47. The molecule has 0 spiro atoms. The lowest BCUT2D eigenvalue weighted by Crippen LogP contribution is -2.31. The predicted octanol–water partition coefficient (Wildman–Crippen LogP) is 1.91. The average molecular weight is 331 g/mol. The van der Waals surface area contributed by atoms with E-state index in [1.165, 1.54) is 0 Å². The molecule has 0 heterocycles. The average Bonchev–Trinajstić information content (AvgIpc) is 2.36. The summed E-state index contributed by atoms with van der Waals surface area (Å²) in [5, 5.41) is 15.6. The van der Waals surface area contributed by atoms with Crippen LogP contribution in [0.1, 0.15) is 19.4 Å². The molecule has 1 aromatic carbocycles. The molecule has 0 radical (unpaired) electrons. The van der Waals surface area contributed by atoms with Crippen molar-refractivity contribution in [2.24, 2.45) is 0 Å². The fourth-order valence-corrected chi connectivity index (χ4v) is 2.10. The van der Waals surface area contributed by atoms with Gasteiger partial charge in [-0.05, 0) is 32.0 Å². The molecular formula is C14H23BrN2O2. The summed E-state index contributed by atoms with van der Waals surface area (Å²) in [6, 6.07) is 6.04. The zero-order valence-electron chi connectivity index (χ0n) is 11.6. The molecule has 19 heavy (non-hydrogen) atoms. The van der Waals surface area contributed by atoms with Gasteiger partial charge in [0.25, 0.3) is 0 Å². The smallest absolute Gasteiger partial charge is 0.123 e. The SMILES string of the molecule is CCOc1ccc(Br)cc1CNCCNC[C@H](C)O. The van der Waals surface area contributed by atoms with Gasteiger partial charge >= 0.3 is 0 Å². The van der Waals surface area contributed by atoms with Crippen LogP contribution in [0.4, 0.5) is 0 Å². The Morgan fingerprint density at radius 1 is 1.32 bits per heavy atom. The maximum Gasteiger partial charge on any atom is 0.123 e. The Morgan fingerprint density at radius 3 is 2.74 bits per heavy atom. The lowest BCUT2D eigenvalue weighted by atomic mass is 10.2. The Labute approximate surface area is 123 Å². The van der Waals surface area contributed by atoms with Crippen LogP contribution >= 0.6 is 15.9 Å². The Hall–Kier alpha value is -0.620. The quantitative estimate of drug-likeness (QED) is 0.605. The minimum Gasteiger partial charge on any atom is -0.494 e. The Balaban J connectivity index is 2.33. The summed E-state index contributed by atoms with van der Waals surface area (Å²) in [5.74, 6) is 0.926. The first kappa shape index (κ1) is 16.4. The summed E-state index contributed by atoms with van der Waals surface area (Å²) in [5.41, 5.74) is 1.15. The van der Waals surface area contributed by atoms with Crippen LogP contribution in [0, 0.1) is 0 Å². The maximum atomic E-state index is 9.11. The van der Waals surface area contributed by atoms with Crippen LogP contribution in [0.25, 0.3) is 0 Å². The fourth-order valence-electron chi connectivity index (χ4n) is 1.69. The van der Waals surface area contributed by atoms with E-state index in [2.05, 4.69) is 32.6 Å². The highest BCUT2D eigenvalue weighted by molar-refractivity contribution is 9.10. The van der Waals surface area contributed by atoms with Gasteiger partial charge in [-0.2, -0.15) is 0 Å². The van der Waals surface area contributed by atoms with E-state index in [-0.39, 0.29) is 6.10 Å². The molecule has 4 nitrogen and oxygen atoms in total. The summed E-state index contributed by atoms with van der Waals surface area (Å²) in [6.45, 7) is 7.52. The minimum atomic E-state index is -0.297. The van der Waals surface area contributed by atoms with Crippen LogP contribution in [0.3, 0.4) is 0 Å². The van der Waals surface area contributed by atoms with Gasteiger partial charge in [-0.3, -0.25) is 0 Å². The van der Waals surface area contributed by atoms with E-state index in [1.807, 2.05) is 19.1 Å². The number of halogens is 1. The number of hydrogen-bond donors (Lipinski definition) is 3. The molecule has 0 aliphatic carbocycles. The highest BCUT2D eigenvalue weighted by Crippen LogP contribution is 2.23. The van der Waals surface area contributed by atoms with Gasteiger partial charge in [0, 0.05) is 36.2 Å². The Morgan fingerprint density at radius 2 is 2.05 bits per heavy atom. The molecule has 0 unspecified atom stereocenters. The standard InChI is InChI=1S/C14H23BrN2O2/c1-3-19-14-5-4-13(15)8-12(14)10-17-7-6-16-9-11(2)18/h4-5,8,11,16-18H,3,6-7,9-10H2,1-2H3/t11-/m0/s1. The number of aliphatic hydroxyl groups is 1. The first-order chi connectivity index (χ1) is 9.13. The molecule has 3 N–H and O–H groups in total. The number of ether oxygens (including phenoxy) is 1. The van der Waals surface area contributed by atoms with Crippen molar-refractivity contribution in [2.45, 2.75) is 26.5 Å². The monoisotopic (exact) mass is 330 g/mol. The second-order valence-corrected chi connectivity index (χ2v) is 5.33. The molecule has 1 atom stereocenters. The number of nitrogens with one attached hydrogen (secondary N) is 2. The van der Waals surface area contributed by atoms with E-state index in [4.69, 9.17) is 9.84 Å². The van der Waals surface area contributed by atoms with Crippen molar-refractivity contribution in [1.29, 1.82) is 0 Å². The van der Waals surface area contributed by atoms with E-state index in [1.54, 1.807) is 6.92 Å². The molecule has 0 saturated carbocycles. The van der Waals surface area contributed by atoms with Crippen LogP contribution in [0.15, 0.2) is 22.7 Å². The van der Waals surface area contributed by atoms with Crippen LogP contribution in [-0.2, 0) is 6.54 Å². The van der Waals surface area contributed by atoms with Crippen molar-refractivity contribution in [3.8, 4) is 5.75 Å². The third kappa shape index (κ3) is 6.92. The molecule has 0 bridgehead atoms. The third-order valence-electron chi connectivity index (χ3n) is 2.56. The van der Waals surface area contributed by atoms with Crippen molar-refractivity contribution in [3.05, 3.63) is 28.2 Å². The molecule has 5 heteroatoms. The maximum absolute atomic E-state index is 9.11. The molecule has 0 fully saturated rings. The van der Waals surface area contributed by atoms with Gasteiger partial charge in [0.2, 0.25) is 0 Å². The third-order valence-corrected chi connectivity index (χ3v) is 3.05. The van der Waals surface area contributed by atoms with Crippen LogP contribution in [0.5, 0.6) is 5.75 Å². The lowest BCUT2D eigenvalue weighted by Gasteiger charge is -2.12. The topological polar surface area (TPSA) is 53.5 Å². The molecular weight excluding hydrogens is 308 g/mol. The molecule has 0 aliphatic rings. The Bertz CT molecular complexity index is 372. The largest absolute Gasteiger partial charge is 0.494 e. The first-order valence-electron chi connectivity index (χ1n) is 6.64. The number of rotatable bonds is 9. The lowest BCUT2D eigenvalue weighted by molar-refractivity contribution is 0.191. The number of aliphatic hydroxyl groups excluding tert-OH is 1. The molecule has 0 aromatic heterocycles. The summed E-state index contributed by atoms with van der Waals surface area (Å²) in [7, 11) is 0. The first-order valence-corrected chi connectivity index (χ1v) is 7.43. The predicted molar refractivity (Wildman–Crippen MR) is 81.6 cm³/mol. The van der Waals surface area contributed by atoms with Crippen LogP contribution in [0.2, 0.25) is 0 Å². The summed E-state index contributed by atoms with van der Waals surface area (Å²) in [6.07, 6.45) is -0.297. The number of benzene rings is 1. The van der Waals surface area contributed by atoms with Gasteiger partial charge in [0.15, 0.2) is 0 Å². The van der Waals surface area contributed by atoms with Crippen molar-refractivity contribution >= 4 is 15.9 Å². The Kier molecular flexibility index (Phi) is 8.05. The van der Waals surface area contributed by atoms with E-state index in [0.29, 0.717) is 13.2 Å². The van der Waals surface area contributed by atoms with Gasteiger partial charge in [-0.25, -0.2) is 0 Å². The van der Waals surface area contributed by atoms with Gasteiger partial charge < -0.3 is 20.5 Å². The van der Waals surface area contributed by atoms with Crippen molar-refractivity contribution in [1.82, 2.24) is 10.6 Å². The van der Waals surface area contributed by atoms with E-state index in [9.17, 15) is 0 Å². The summed E-state index contributed by atoms with van der Waals surface area (Å²) in [4.78, 5) is 0. The van der Waals surface area contributed by atoms with Gasteiger partial charge in [0.1, 0.15) is 5.75 Å². The molecule has 0 saturated heterocycles. The van der Waals surface area contributed by atoms with Crippen molar-refractivity contribution in [3.63, 3.8) is 0 Å². The van der Waals surface area contributed by atoms with Crippen LogP contribution < -0.4 is 15.4 Å². The highest BCUT2D eigenvalue weighted by Gasteiger charge is 2.03. The molecule has 0 amide bonds. The minimum absolute atomic E-state index is 0.297. The van der Waals surface area contributed by atoms with Crippen LogP contribution in [-0.4, -0.2) is 37.5 Å². The fraction of sp³-hybridized carbons (Fsp3) is 0.571. The van der Waals surface area contributed by atoms with Crippen molar-refractivity contribution < 1.29 is 9.84 Å².